The number of benzene rings is 1. The van der Waals surface area contributed by atoms with E-state index in [9.17, 15) is 0 Å². The first-order valence-corrected chi connectivity index (χ1v) is 8.29. The molecule has 0 N–H and O–H groups in total. The van der Waals surface area contributed by atoms with Gasteiger partial charge in [-0.3, -0.25) is 0 Å². The van der Waals surface area contributed by atoms with Gasteiger partial charge in [0.15, 0.2) is 0 Å². The van der Waals surface area contributed by atoms with Crippen molar-refractivity contribution in [2.24, 2.45) is 0 Å². The van der Waals surface area contributed by atoms with E-state index in [2.05, 4.69) is 24.3 Å². The van der Waals surface area contributed by atoms with Crippen LogP contribution in [-0.2, 0) is 20.8 Å². The van der Waals surface area contributed by atoms with Gasteiger partial charge in [0.25, 0.3) is 0 Å². The zero-order chi connectivity index (χ0) is 14.3. The number of rotatable bonds is 8. The smallest absolute Gasteiger partial charge is 0.0720 e. The van der Waals surface area contributed by atoms with E-state index in [4.69, 9.17) is 14.2 Å². The number of ether oxygens (including phenoxy) is 3. The molecule has 1 aromatic carbocycles. The summed E-state index contributed by atoms with van der Waals surface area (Å²) in [5.41, 5.74) is 1.26. The summed E-state index contributed by atoms with van der Waals surface area (Å²) in [6.07, 6.45) is 8.27. The largest absolute Gasteiger partial charge is 0.376 e. The molecule has 3 nitrogen and oxygen atoms in total. The van der Waals surface area contributed by atoms with Crippen LogP contribution in [0.15, 0.2) is 30.3 Å². The van der Waals surface area contributed by atoms with Crippen LogP contribution < -0.4 is 0 Å². The molecule has 2 aliphatic carbocycles. The molecule has 0 amide bonds. The molecule has 0 heterocycles. The molecule has 0 atom stereocenters. The van der Waals surface area contributed by atoms with Crippen LogP contribution in [0.5, 0.6) is 0 Å². The van der Waals surface area contributed by atoms with Gasteiger partial charge in [0, 0.05) is 0 Å². The van der Waals surface area contributed by atoms with Crippen LogP contribution in [0.2, 0.25) is 0 Å². The third kappa shape index (κ3) is 5.42. The first-order chi connectivity index (χ1) is 10.4. The Labute approximate surface area is 127 Å². The number of hydrogen-bond acceptors (Lipinski definition) is 3. The van der Waals surface area contributed by atoms with Crippen molar-refractivity contribution >= 4 is 0 Å². The van der Waals surface area contributed by atoms with E-state index in [0.29, 0.717) is 18.3 Å². The predicted molar refractivity (Wildman–Crippen MR) is 82.2 cm³/mol. The fourth-order valence-electron chi connectivity index (χ4n) is 2.82. The van der Waals surface area contributed by atoms with Gasteiger partial charge in [0.05, 0.1) is 38.1 Å². The molecule has 1 aromatic rings. The molecule has 0 aromatic heterocycles. The van der Waals surface area contributed by atoms with E-state index < -0.39 is 0 Å². The summed E-state index contributed by atoms with van der Waals surface area (Å²) in [5.74, 6) is 0. The van der Waals surface area contributed by atoms with Crippen LogP contribution in [0.3, 0.4) is 0 Å². The lowest BCUT2D eigenvalue weighted by Crippen LogP contribution is -2.27. The minimum absolute atomic E-state index is 0.396. The topological polar surface area (TPSA) is 27.7 Å². The molecule has 2 fully saturated rings. The van der Waals surface area contributed by atoms with Gasteiger partial charge in [-0.25, -0.2) is 0 Å². The third-order valence-corrected chi connectivity index (χ3v) is 4.26. The van der Waals surface area contributed by atoms with Crippen LogP contribution >= 0.6 is 0 Å². The summed E-state index contributed by atoms with van der Waals surface area (Å²) in [5, 5.41) is 0. The Morgan fingerprint density at radius 1 is 0.667 bits per heavy atom. The van der Waals surface area contributed by atoms with Crippen LogP contribution in [0.25, 0.3) is 0 Å². The van der Waals surface area contributed by atoms with Crippen molar-refractivity contribution in [1.82, 2.24) is 0 Å². The van der Waals surface area contributed by atoms with Gasteiger partial charge in [-0.2, -0.15) is 0 Å². The maximum absolute atomic E-state index is 6.00. The molecular weight excluding hydrogens is 264 g/mol. The lowest BCUT2D eigenvalue weighted by Gasteiger charge is -2.28. The Balaban J connectivity index is 1.26. The Kier molecular flexibility index (Phi) is 5.67. The normalized spacial score (nSPS) is 25.9. The van der Waals surface area contributed by atoms with Gasteiger partial charge in [-0.05, 0) is 44.1 Å². The van der Waals surface area contributed by atoms with E-state index in [-0.39, 0.29) is 0 Å². The molecule has 2 aliphatic rings. The zero-order valence-corrected chi connectivity index (χ0v) is 12.7. The minimum Gasteiger partial charge on any atom is -0.376 e. The maximum atomic E-state index is 6.00. The van der Waals surface area contributed by atoms with Gasteiger partial charge >= 0.3 is 0 Å². The molecule has 0 unspecified atom stereocenters. The summed E-state index contributed by atoms with van der Waals surface area (Å²) in [6, 6.07) is 10.4. The summed E-state index contributed by atoms with van der Waals surface area (Å²) >= 11 is 0. The quantitative estimate of drug-likeness (QED) is 0.683. The molecule has 0 spiro atoms. The molecule has 0 saturated heterocycles. The van der Waals surface area contributed by atoms with Gasteiger partial charge in [0.2, 0.25) is 0 Å². The number of hydrogen-bond donors (Lipinski definition) is 0. The molecule has 0 aliphatic heterocycles. The second kappa shape index (κ2) is 7.92. The second-order valence-corrected chi connectivity index (χ2v) is 6.14. The van der Waals surface area contributed by atoms with Crippen molar-refractivity contribution in [2.75, 3.05) is 13.2 Å². The van der Waals surface area contributed by atoms with Crippen molar-refractivity contribution in [1.29, 1.82) is 0 Å². The standard InChI is InChI=1S/C18H26O3/c1-2-4-15(5-3-1)14-21-18-10-8-17(9-11-18)20-13-12-19-16-6-7-16/h1-5,16-18H,6-14H2. The Morgan fingerprint density at radius 3 is 1.67 bits per heavy atom. The van der Waals surface area contributed by atoms with E-state index in [1.807, 2.05) is 6.07 Å². The fraction of sp³-hybridized carbons (Fsp3) is 0.667. The van der Waals surface area contributed by atoms with E-state index in [1.54, 1.807) is 0 Å². The monoisotopic (exact) mass is 290 g/mol. The van der Waals surface area contributed by atoms with Crippen LogP contribution in [0, 0.1) is 0 Å². The van der Waals surface area contributed by atoms with E-state index in [0.717, 1.165) is 45.5 Å². The molecule has 116 valence electrons. The first-order valence-electron chi connectivity index (χ1n) is 8.29. The Hall–Kier alpha value is -0.900. The van der Waals surface area contributed by atoms with Crippen LogP contribution in [-0.4, -0.2) is 31.5 Å². The summed E-state index contributed by atoms with van der Waals surface area (Å²) in [4.78, 5) is 0. The SMILES string of the molecule is c1ccc(COC2CCC(OCCOC3CC3)CC2)cc1. The van der Waals surface area contributed by atoms with Crippen molar-refractivity contribution in [2.45, 2.75) is 63.4 Å². The molecule has 2 saturated carbocycles. The minimum atomic E-state index is 0.396. The lowest BCUT2D eigenvalue weighted by atomic mass is 9.95. The Bertz CT molecular complexity index is 394. The van der Waals surface area contributed by atoms with E-state index in [1.165, 1.54) is 18.4 Å². The van der Waals surface area contributed by atoms with Crippen molar-refractivity contribution in [3.8, 4) is 0 Å². The van der Waals surface area contributed by atoms with Crippen LogP contribution in [0.1, 0.15) is 44.1 Å². The average molecular weight is 290 g/mol. The maximum Gasteiger partial charge on any atom is 0.0720 e. The fourth-order valence-corrected chi connectivity index (χ4v) is 2.82. The molecule has 0 radical (unpaired) electrons. The van der Waals surface area contributed by atoms with Gasteiger partial charge in [-0.1, -0.05) is 30.3 Å². The molecule has 0 bridgehead atoms. The summed E-state index contributed by atoms with van der Waals surface area (Å²) in [7, 11) is 0. The molecular formula is C18H26O3. The molecule has 3 rings (SSSR count). The predicted octanol–water partition coefficient (Wildman–Crippen LogP) is 3.71. The highest BCUT2D eigenvalue weighted by Crippen LogP contribution is 2.25. The molecule has 21 heavy (non-hydrogen) atoms. The van der Waals surface area contributed by atoms with Gasteiger partial charge in [-0.15, -0.1) is 0 Å². The zero-order valence-electron chi connectivity index (χ0n) is 12.7. The second-order valence-electron chi connectivity index (χ2n) is 6.14. The highest BCUT2D eigenvalue weighted by molar-refractivity contribution is 5.13. The van der Waals surface area contributed by atoms with Crippen molar-refractivity contribution in [3.05, 3.63) is 35.9 Å². The average Bonchev–Trinajstić information content (AvgIpc) is 3.36. The first kappa shape index (κ1) is 15.0. The van der Waals surface area contributed by atoms with Gasteiger partial charge < -0.3 is 14.2 Å². The van der Waals surface area contributed by atoms with Crippen molar-refractivity contribution in [3.63, 3.8) is 0 Å². The summed E-state index contributed by atoms with van der Waals surface area (Å²) in [6.45, 7) is 2.23. The highest BCUT2D eigenvalue weighted by atomic mass is 16.5. The molecule has 3 heteroatoms. The van der Waals surface area contributed by atoms with Crippen molar-refractivity contribution < 1.29 is 14.2 Å². The Morgan fingerprint density at radius 2 is 1.14 bits per heavy atom. The van der Waals surface area contributed by atoms with Gasteiger partial charge in [0.1, 0.15) is 0 Å². The lowest BCUT2D eigenvalue weighted by molar-refractivity contribution is -0.0510. The third-order valence-electron chi connectivity index (χ3n) is 4.26. The summed E-state index contributed by atoms with van der Waals surface area (Å²) < 4.78 is 17.5. The van der Waals surface area contributed by atoms with E-state index >= 15 is 0 Å². The highest BCUT2D eigenvalue weighted by Gasteiger charge is 2.23. The van der Waals surface area contributed by atoms with Crippen LogP contribution in [0.4, 0.5) is 0 Å².